The number of para-hydroxylation sites is 1. The minimum Gasteiger partial charge on any atom is -0.456 e. The van der Waals surface area contributed by atoms with E-state index in [9.17, 15) is 0 Å². The van der Waals surface area contributed by atoms with E-state index in [1.807, 2.05) is 36.4 Å². The molecule has 0 N–H and O–H groups in total. The van der Waals surface area contributed by atoms with E-state index in [1.54, 1.807) is 0 Å². The van der Waals surface area contributed by atoms with Gasteiger partial charge in [0.05, 0.1) is 0 Å². The Labute approximate surface area is 109 Å². The third-order valence-corrected chi connectivity index (χ3v) is 3.53. The number of rotatable bonds is 0. The highest BCUT2D eigenvalue weighted by molar-refractivity contribution is 6.31. The van der Waals surface area contributed by atoms with Crippen molar-refractivity contribution in [2.45, 2.75) is 0 Å². The second-order valence-corrected chi connectivity index (χ2v) is 4.87. The van der Waals surface area contributed by atoms with E-state index in [1.165, 1.54) is 5.39 Å². The summed E-state index contributed by atoms with van der Waals surface area (Å²) < 4.78 is 5.86. The number of furan rings is 1. The van der Waals surface area contributed by atoms with Crippen LogP contribution >= 0.6 is 11.6 Å². The summed E-state index contributed by atoms with van der Waals surface area (Å²) in [6, 6.07) is 18.2. The van der Waals surface area contributed by atoms with Crippen molar-refractivity contribution < 1.29 is 4.42 Å². The van der Waals surface area contributed by atoms with Crippen molar-refractivity contribution in [3.63, 3.8) is 0 Å². The fourth-order valence-electron chi connectivity index (χ4n) is 2.44. The van der Waals surface area contributed by atoms with Crippen LogP contribution in [-0.2, 0) is 0 Å². The molecular formula is C16H9ClO. The highest BCUT2D eigenvalue weighted by atomic mass is 35.5. The van der Waals surface area contributed by atoms with Crippen LogP contribution < -0.4 is 0 Å². The summed E-state index contributed by atoms with van der Waals surface area (Å²) in [5, 5.41) is 5.34. The van der Waals surface area contributed by atoms with E-state index in [4.69, 9.17) is 16.0 Å². The van der Waals surface area contributed by atoms with Crippen molar-refractivity contribution in [2.24, 2.45) is 0 Å². The summed E-state index contributed by atoms with van der Waals surface area (Å²) in [6.45, 7) is 0. The third-order valence-electron chi connectivity index (χ3n) is 3.30. The zero-order valence-electron chi connectivity index (χ0n) is 9.48. The largest absolute Gasteiger partial charge is 0.456 e. The average Bonchev–Trinajstić information content (AvgIpc) is 2.73. The SMILES string of the molecule is Clc1ccc2cc3c(cc2c1)oc1ccccc13. The van der Waals surface area contributed by atoms with Crippen molar-refractivity contribution in [1.29, 1.82) is 0 Å². The first-order valence-corrected chi connectivity index (χ1v) is 6.20. The van der Waals surface area contributed by atoms with Gasteiger partial charge in [0.25, 0.3) is 0 Å². The number of fused-ring (bicyclic) bond motifs is 4. The number of hydrogen-bond acceptors (Lipinski definition) is 1. The first-order chi connectivity index (χ1) is 8.81. The summed E-state index contributed by atoms with van der Waals surface area (Å²) in [5.41, 5.74) is 1.83. The van der Waals surface area contributed by atoms with Gasteiger partial charge in [0.15, 0.2) is 0 Å². The molecule has 1 heterocycles. The van der Waals surface area contributed by atoms with Gasteiger partial charge in [0.1, 0.15) is 11.2 Å². The van der Waals surface area contributed by atoms with Crippen LogP contribution in [-0.4, -0.2) is 0 Å². The maximum atomic E-state index is 6.02. The summed E-state index contributed by atoms with van der Waals surface area (Å²) in [4.78, 5) is 0. The topological polar surface area (TPSA) is 13.1 Å². The molecule has 4 rings (SSSR count). The summed E-state index contributed by atoms with van der Waals surface area (Å²) >= 11 is 6.02. The van der Waals surface area contributed by atoms with Gasteiger partial charge in [-0.3, -0.25) is 0 Å². The molecule has 0 amide bonds. The molecule has 18 heavy (non-hydrogen) atoms. The Hall–Kier alpha value is -1.99. The van der Waals surface area contributed by atoms with Gasteiger partial charge in [-0.15, -0.1) is 0 Å². The highest BCUT2D eigenvalue weighted by Crippen LogP contribution is 2.32. The lowest BCUT2D eigenvalue weighted by molar-refractivity contribution is 0.669. The third kappa shape index (κ3) is 1.34. The van der Waals surface area contributed by atoms with Crippen LogP contribution in [0.4, 0.5) is 0 Å². The van der Waals surface area contributed by atoms with E-state index < -0.39 is 0 Å². The predicted octanol–water partition coefficient (Wildman–Crippen LogP) is 5.39. The van der Waals surface area contributed by atoms with Crippen LogP contribution in [0, 0.1) is 0 Å². The highest BCUT2D eigenvalue weighted by Gasteiger charge is 2.07. The maximum Gasteiger partial charge on any atom is 0.136 e. The van der Waals surface area contributed by atoms with Gasteiger partial charge < -0.3 is 4.42 Å². The molecule has 0 aliphatic carbocycles. The lowest BCUT2D eigenvalue weighted by Gasteiger charge is -1.98. The van der Waals surface area contributed by atoms with E-state index in [2.05, 4.69) is 18.2 Å². The lowest BCUT2D eigenvalue weighted by Crippen LogP contribution is -1.73. The van der Waals surface area contributed by atoms with Crippen LogP contribution in [0.15, 0.2) is 59.0 Å². The summed E-state index contributed by atoms with van der Waals surface area (Å²) in [5.74, 6) is 0. The van der Waals surface area contributed by atoms with E-state index >= 15 is 0 Å². The van der Waals surface area contributed by atoms with Crippen molar-refractivity contribution in [2.75, 3.05) is 0 Å². The Kier molecular flexibility index (Phi) is 1.94. The summed E-state index contributed by atoms with van der Waals surface area (Å²) in [6.07, 6.45) is 0. The van der Waals surface area contributed by atoms with Gasteiger partial charge in [-0.2, -0.15) is 0 Å². The van der Waals surface area contributed by atoms with Crippen LogP contribution in [0.2, 0.25) is 5.02 Å². The van der Waals surface area contributed by atoms with Crippen LogP contribution in [0.3, 0.4) is 0 Å². The molecule has 86 valence electrons. The second kappa shape index (κ2) is 3.50. The Morgan fingerprint density at radius 1 is 0.722 bits per heavy atom. The van der Waals surface area contributed by atoms with E-state index in [-0.39, 0.29) is 0 Å². The lowest BCUT2D eigenvalue weighted by atomic mass is 10.1. The first kappa shape index (κ1) is 9.98. The van der Waals surface area contributed by atoms with Gasteiger partial charge in [0, 0.05) is 15.8 Å². The fraction of sp³-hybridized carbons (Fsp3) is 0. The number of halogens is 1. The average molecular weight is 253 g/mol. The number of hydrogen-bond donors (Lipinski definition) is 0. The molecule has 0 unspecified atom stereocenters. The molecule has 0 saturated heterocycles. The van der Waals surface area contributed by atoms with Crippen molar-refractivity contribution in [3.8, 4) is 0 Å². The maximum absolute atomic E-state index is 6.02. The van der Waals surface area contributed by atoms with Crippen molar-refractivity contribution in [1.82, 2.24) is 0 Å². The Bertz CT molecular complexity index is 889. The quantitative estimate of drug-likeness (QED) is 0.409. The van der Waals surface area contributed by atoms with Crippen molar-refractivity contribution in [3.05, 3.63) is 59.6 Å². The van der Waals surface area contributed by atoms with Crippen LogP contribution in [0.25, 0.3) is 32.7 Å². The molecule has 4 aromatic rings. The molecule has 0 saturated carbocycles. The van der Waals surface area contributed by atoms with E-state index in [0.717, 1.165) is 32.3 Å². The minimum absolute atomic E-state index is 0.748. The van der Waals surface area contributed by atoms with Crippen LogP contribution in [0.5, 0.6) is 0 Å². The molecule has 3 aromatic carbocycles. The first-order valence-electron chi connectivity index (χ1n) is 5.82. The summed E-state index contributed by atoms with van der Waals surface area (Å²) in [7, 11) is 0. The molecular weight excluding hydrogens is 244 g/mol. The molecule has 2 heteroatoms. The minimum atomic E-state index is 0.748. The molecule has 1 aromatic heterocycles. The number of benzene rings is 3. The molecule has 0 spiro atoms. The zero-order chi connectivity index (χ0) is 12.1. The molecule has 0 atom stereocenters. The molecule has 0 bridgehead atoms. The van der Waals surface area contributed by atoms with E-state index in [0.29, 0.717) is 0 Å². The van der Waals surface area contributed by atoms with Gasteiger partial charge in [0.2, 0.25) is 0 Å². The van der Waals surface area contributed by atoms with Crippen LogP contribution in [0.1, 0.15) is 0 Å². The van der Waals surface area contributed by atoms with Gasteiger partial charge >= 0.3 is 0 Å². The molecule has 0 fully saturated rings. The van der Waals surface area contributed by atoms with Gasteiger partial charge in [-0.25, -0.2) is 0 Å². The Morgan fingerprint density at radius 2 is 1.61 bits per heavy atom. The monoisotopic (exact) mass is 252 g/mol. The normalized spacial score (nSPS) is 11.6. The van der Waals surface area contributed by atoms with Crippen molar-refractivity contribution >= 4 is 44.3 Å². The Balaban J connectivity index is 2.23. The second-order valence-electron chi connectivity index (χ2n) is 4.44. The fourth-order valence-corrected chi connectivity index (χ4v) is 2.62. The zero-order valence-corrected chi connectivity index (χ0v) is 10.2. The molecule has 0 aliphatic rings. The molecule has 1 nitrogen and oxygen atoms in total. The predicted molar refractivity (Wildman–Crippen MR) is 76.2 cm³/mol. The Morgan fingerprint density at radius 3 is 2.56 bits per heavy atom. The van der Waals surface area contributed by atoms with Gasteiger partial charge in [-0.1, -0.05) is 35.9 Å². The smallest absolute Gasteiger partial charge is 0.136 e. The standard InChI is InChI=1S/C16H9ClO/c17-12-6-5-10-8-14-13-3-1-2-4-15(13)18-16(14)9-11(10)7-12/h1-9H. The molecule has 0 aliphatic heterocycles. The van der Waals surface area contributed by atoms with Gasteiger partial charge in [-0.05, 0) is 41.1 Å². The molecule has 0 radical (unpaired) electrons.